The number of anilines is 1. The molecule has 2 N–H and O–H groups in total. The molecular weight excluding hydrogens is 414 g/mol. The van der Waals surface area contributed by atoms with Crippen molar-refractivity contribution in [1.82, 2.24) is 19.7 Å². The highest BCUT2D eigenvalue weighted by atomic mass is 16.7. The van der Waals surface area contributed by atoms with E-state index in [-0.39, 0.29) is 24.2 Å². The van der Waals surface area contributed by atoms with E-state index >= 15 is 0 Å². The zero-order valence-electron chi connectivity index (χ0n) is 17.3. The van der Waals surface area contributed by atoms with E-state index in [1.165, 1.54) is 10.9 Å². The molecule has 1 aliphatic rings. The standard InChI is InChI=1S/C22H19N5O5/c1-3-14-12(2)23-22(25-21(14)29)27-19(10-15(26-27)16-5-4-8-30-16)24-20(28)13-6-7-17-18(9-13)32-11-31-17/h4-10H,3,11H2,1-2H3,(H,24,28)(H,23,25,29). The SMILES string of the molecule is CCc1c(C)nc(-n2nc(-c3ccco3)cc2NC(=O)c2ccc3c(c2)OCO3)[nH]c1=O. The van der Waals surface area contributed by atoms with Crippen molar-refractivity contribution in [2.45, 2.75) is 20.3 Å². The Morgan fingerprint density at radius 2 is 2.06 bits per heavy atom. The van der Waals surface area contributed by atoms with Gasteiger partial charge in [0.25, 0.3) is 11.5 Å². The number of ether oxygens (including phenoxy) is 2. The van der Waals surface area contributed by atoms with Crippen LogP contribution >= 0.6 is 0 Å². The summed E-state index contributed by atoms with van der Waals surface area (Å²) in [6, 6.07) is 10.0. The average Bonchev–Trinajstić information content (AvgIpc) is 3.53. The Kier molecular flexibility index (Phi) is 4.74. The topological polar surface area (TPSA) is 124 Å². The van der Waals surface area contributed by atoms with E-state index in [0.29, 0.717) is 52.0 Å². The summed E-state index contributed by atoms with van der Waals surface area (Å²) in [5, 5.41) is 7.32. The quantitative estimate of drug-likeness (QED) is 0.496. The number of fused-ring (bicyclic) bond motifs is 1. The monoisotopic (exact) mass is 433 g/mol. The molecule has 162 valence electrons. The van der Waals surface area contributed by atoms with Crippen molar-refractivity contribution >= 4 is 11.7 Å². The number of carbonyl (C=O) groups excluding carboxylic acids is 1. The molecule has 32 heavy (non-hydrogen) atoms. The summed E-state index contributed by atoms with van der Waals surface area (Å²) in [6.07, 6.45) is 2.08. The number of aromatic nitrogens is 4. The first-order valence-electron chi connectivity index (χ1n) is 9.98. The smallest absolute Gasteiger partial charge is 0.256 e. The summed E-state index contributed by atoms with van der Waals surface area (Å²) >= 11 is 0. The van der Waals surface area contributed by atoms with E-state index in [4.69, 9.17) is 13.9 Å². The highest BCUT2D eigenvalue weighted by molar-refractivity contribution is 6.04. The maximum Gasteiger partial charge on any atom is 0.256 e. The summed E-state index contributed by atoms with van der Waals surface area (Å²) < 4.78 is 17.5. The van der Waals surface area contributed by atoms with Crippen LogP contribution in [0, 0.1) is 6.92 Å². The van der Waals surface area contributed by atoms with E-state index in [9.17, 15) is 9.59 Å². The molecule has 1 aromatic carbocycles. The lowest BCUT2D eigenvalue weighted by Crippen LogP contribution is -2.22. The summed E-state index contributed by atoms with van der Waals surface area (Å²) in [5.74, 6) is 1.69. The molecule has 0 saturated carbocycles. The van der Waals surface area contributed by atoms with E-state index in [1.807, 2.05) is 6.92 Å². The third-order valence-corrected chi connectivity index (χ3v) is 5.12. The number of furan rings is 1. The van der Waals surface area contributed by atoms with Crippen molar-refractivity contribution in [3.05, 3.63) is 69.8 Å². The highest BCUT2D eigenvalue weighted by Gasteiger charge is 2.20. The maximum atomic E-state index is 13.0. The lowest BCUT2D eigenvalue weighted by atomic mass is 10.2. The third kappa shape index (κ3) is 3.41. The van der Waals surface area contributed by atoms with Crippen LogP contribution in [0.1, 0.15) is 28.5 Å². The first-order valence-corrected chi connectivity index (χ1v) is 9.98. The number of rotatable bonds is 5. The Hall–Kier alpha value is -4.34. The number of amides is 1. The number of benzene rings is 1. The molecule has 4 heterocycles. The van der Waals surface area contributed by atoms with Gasteiger partial charge in [0.2, 0.25) is 12.7 Å². The maximum absolute atomic E-state index is 13.0. The molecule has 3 aromatic heterocycles. The van der Waals surface area contributed by atoms with E-state index in [1.54, 1.807) is 43.3 Å². The van der Waals surface area contributed by atoms with E-state index in [0.717, 1.165) is 0 Å². The summed E-state index contributed by atoms with van der Waals surface area (Å²) in [6.45, 7) is 3.77. The number of aromatic amines is 1. The van der Waals surface area contributed by atoms with Crippen molar-refractivity contribution in [2.75, 3.05) is 12.1 Å². The summed E-state index contributed by atoms with van der Waals surface area (Å²) in [4.78, 5) is 32.7. The van der Waals surface area contributed by atoms with Crippen molar-refractivity contribution in [1.29, 1.82) is 0 Å². The molecular formula is C22H19N5O5. The van der Waals surface area contributed by atoms with Crippen LogP contribution in [0.5, 0.6) is 11.5 Å². The first kappa shape index (κ1) is 19.6. The second-order valence-electron chi connectivity index (χ2n) is 7.13. The lowest BCUT2D eigenvalue weighted by Gasteiger charge is -2.10. The zero-order valence-corrected chi connectivity index (χ0v) is 17.3. The third-order valence-electron chi connectivity index (χ3n) is 5.12. The van der Waals surface area contributed by atoms with Crippen molar-refractivity contribution in [2.24, 2.45) is 0 Å². The predicted octanol–water partition coefficient (Wildman–Crippen LogP) is 3.07. The summed E-state index contributed by atoms with van der Waals surface area (Å²) in [5.41, 5.74) is 1.78. The Morgan fingerprint density at radius 3 is 2.81 bits per heavy atom. The number of nitrogens with zero attached hydrogens (tertiary/aromatic N) is 3. The van der Waals surface area contributed by atoms with Crippen LogP contribution in [0.25, 0.3) is 17.4 Å². The van der Waals surface area contributed by atoms with Gasteiger partial charge < -0.3 is 19.2 Å². The first-order chi connectivity index (χ1) is 15.5. The number of nitrogens with one attached hydrogen (secondary N) is 2. The average molecular weight is 433 g/mol. The zero-order chi connectivity index (χ0) is 22.2. The highest BCUT2D eigenvalue weighted by Crippen LogP contribution is 2.33. The van der Waals surface area contributed by atoms with Gasteiger partial charge in [0.15, 0.2) is 17.3 Å². The van der Waals surface area contributed by atoms with Gasteiger partial charge in [-0.2, -0.15) is 9.78 Å². The van der Waals surface area contributed by atoms with Gasteiger partial charge in [0, 0.05) is 22.9 Å². The van der Waals surface area contributed by atoms with Crippen molar-refractivity contribution in [3.8, 4) is 28.9 Å². The molecule has 0 radical (unpaired) electrons. The van der Waals surface area contributed by atoms with E-state index < -0.39 is 0 Å². The van der Waals surface area contributed by atoms with Crippen molar-refractivity contribution < 1.29 is 18.7 Å². The normalized spacial score (nSPS) is 12.2. The Labute approximate surface area is 181 Å². The second-order valence-corrected chi connectivity index (χ2v) is 7.13. The molecule has 0 aliphatic carbocycles. The molecule has 0 fully saturated rings. The van der Waals surface area contributed by atoms with E-state index in [2.05, 4.69) is 20.4 Å². The molecule has 1 amide bonds. The van der Waals surface area contributed by atoms with Crippen LogP contribution < -0.4 is 20.3 Å². The largest absolute Gasteiger partial charge is 0.463 e. The molecule has 0 spiro atoms. The van der Waals surface area contributed by atoms with Gasteiger partial charge in [0.1, 0.15) is 11.5 Å². The number of H-pyrrole nitrogens is 1. The number of aryl methyl sites for hydroxylation is 1. The molecule has 0 atom stereocenters. The predicted molar refractivity (Wildman–Crippen MR) is 114 cm³/mol. The number of hydrogen-bond acceptors (Lipinski definition) is 7. The summed E-state index contributed by atoms with van der Waals surface area (Å²) in [7, 11) is 0. The van der Waals surface area contributed by atoms with Crippen LogP contribution in [-0.4, -0.2) is 32.4 Å². The fourth-order valence-electron chi connectivity index (χ4n) is 3.51. The minimum Gasteiger partial charge on any atom is -0.463 e. The van der Waals surface area contributed by atoms with Gasteiger partial charge in [-0.05, 0) is 43.7 Å². The van der Waals surface area contributed by atoms with Crippen LogP contribution in [0.4, 0.5) is 5.82 Å². The number of carbonyl (C=O) groups is 1. The fourth-order valence-corrected chi connectivity index (χ4v) is 3.51. The minimum atomic E-state index is -0.389. The molecule has 0 saturated heterocycles. The van der Waals surface area contributed by atoms with Gasteiger partial charge in [-0.1, -0.05) is 6.92 Å². The second kappa shape index (κ2) is 7.73. The molecule has 5 rings (SSSR count). The number of hydrogen-bond donors (Lipinski definition) is 2. The van der Waals surface area contributed by atoms with Gasteiger partial charge in [-0.15, -0.1) is 0 Å². The molecule has 0 unspecified atom stereocenters. The van der Waals surface area contributed by atoms with Crippen molar-refractivity contribution in [3.63, 3.8) is 0 Å². The Balaban J connectivity index is 1.55. The Bertz CT molecular complexity index is 1370. The van der Waals surface area contributed by atoms with Gasteiger partial charge in [-0.25, -0.2) is 4.98 Å². The van der Waals surface area contributed by atoms with Crippen LogP contribution in [-0.2, 0) is 6.42 Å². The molecule has 4 aromatic rings. The van der Waals surface area contributed by atoms with Crippen LogP contribution in [0.2, 0.25) is 0 Å². The Morgan fingerprint density at radius 1 is 1.22 bits per heavy atom. The van der Waals surface area contributed by atoms with Crippen LogP contribution in [0.15, 0.2) is 51.9 Å². The van der Waals surface area contributed by atoms with Gasteiger partial charge in [-0.3, -0.25) is 14.6 Å². The lowest BCUT2D eigenvalue weighted by molar-refractivity contribution is 0.102. The molecule has 10 nitrogen and oxygen atoms in total. The van der Waals surface area contributed by atoms with Gasteiger partial charge >= 0.3 is 0 Å². The van der Waals surface area contributed by atoms with Gasteiger partial charge in [0.05, 0.1) is 6.26 Å². The minimum absolute atomic E-state index is 0.117. The van der Waals surface area contributed by atoms with Crippen LogP contribution in [0.3, 0.4) is 0 Å². The fraction of sp³-hybridized carbons (Fsp3) is 0.182. The molecule has 10 heteroatoms. The molecule has 0 bridgehead atoms. The molecule has 1 aliphatic heterocycles.